The van der Waals surface area contributed by atoms with Crippen molar-refractivity contribution in [1.29, 1.82) is 0 Å². The van der Waals surface area contributed by atoms with Gasteiger partial charge in [0.05, 0.1) is 13.2 Å². The van der Waals surface area contributed by atoms with Crippen molar-refractivity contribution >= 4 is 11.9 Å². The average Bonchev–Trinajstić information content (AvgIpc) is 2.47. The van der Waals surface area contributed by atoms with E-state index in [2.05, 4.69) is 0 Å². The van der Waals surface area contributed by atoms with Crippen molar-refractivity contribution in [2.75, 3.05) is 19.8 Å². The van der Waals surface area contributed by atoms with Crippen LogP contribution < -0.4 is 0 Å². The summed E-state index contributed by atoms with van der Waals surface area (Å²) in [4.78, 5) is 25.0. The van der Waals surface area contributed by atoms with Gasteiger partial charge in [0.2, 0.25) is 5.91 Å². The van der Waals surface area contributed by atoms with Gasteiger partial charge < -0.3 is 14.7 Å². The number of hydrogen-bond donors (Lipinski definition) is 1. The maximum absolute atomic E-state index is 12.4. The second kappa shape index (κ2) is 6.52. The van der Waals surface area contributed by atoms with Crippen LogP contribution in [0.3, 0.4) is 0 Å². The number of carbonyl (C=O) groups is 2. The number of hydrogen-bond acceptors (Lipinski definition) is 3. The highest BCUT2D eigenvalue weighted by atomic mass is 16.5. The molecule has 1 fully saturated rings. The van der Waals surface area contributed by atoms with Crippen LogP contribution in [0.1, 0.15) is 12.5 Å². The van der Waals surface area contributed by atoms with Gasteiger partial charge in [-0.3, -0.25) is 4.79 Å². The predicted octanol–water partition coefficient (Wildman–Crippen LogP) is 1.18. The molecule has 0 aliphatic carbocycles. The number of aliphatic carboxylic acids is 1. The van der Waals surface area contributed by atoms with Crippen LogP contribution in [0.2, 0.25) is 0 Å². The Morgan fingerprint density at radius 1 is 1.40 bits per heavy atom. The van der Waals surface area contributed by atoms with Gasteiger partial charge in [0.1, 0.15) is 0 Å². The van der Waals surface area contributed by atoms with E-state index in [0.717, 1.165) is 5.56 Å². The number of carbonyl (C=O) groups excluding carboxylic acids is 1. The lowest BCUT2D eigenvalue weighted by molar-refractivity contribution is -0.160. The second-order valence-electron chi connectivity index (χ2n) is 5.05. The molecule has 1 heterocycles. The summed E-state index contributed by atoms with van der Waals surface area (Å²) in [7, 11) is 0. The van der Waals surface area contributed by atoms with Crippen molar-refractivity contribution in [3.8, 4) is 0 Å². The molecule has 108 valence electrons. The first-order chi connectivity index (χ1) is 9.59. The van der Waals surface area contributed by atoms with Crippen LogP contribution in [0.5, 0.6) is 0 Å². The Bertz CT molecular complexity index is 474. The molecule has 0 unspecified atom stereocenters. The quantitative estimate of drug-likeness (QED) is 0.897. The third kappa shape index (κ3) is 3.36. The fourth-order valence-electron chi connectivity index (χ4n) is 2.41. The Morgan fingerprint density at radius 3 is 2.75 bits per heavy atom. The third-order valence-corrected chi connectivity index (χ3v) is 3.50. The molecule has 1 N–H and O–H groups in total. The molecule has 1 saturated heterocycles. The average molecular weight is 277 g/mol. The number of morpholine rings is 1. The summed E-state index contributed by atoms with van der Waals surface area (Å²) in [6, 6.07) is 8.87. The van der Waals surface area contributed by atoms with Gasteiger partial charge in [0, 0.05) is 12.5 Å². The highest BCUT2D eigenvalue weighted by Gasteiger charge is 2.34. The van der Waals surface area contributed by atoms with Crippen LogP contribution in [0.25, 0.3) is 0 Å². The normalized spacial score (nSPS) is 20.4. The Balaban J connectivity index is 2.03. The van der Waals surface area contributed by atoms with Crippen LogP contribution >= 0.6 is 0 Å². The van der Waals surface area contributed by atoms with Crippen LogP contribution in [0, 0.1) is 5.92 Å². The van der Waals surface area contributed by atoms with E-state index in [-0.39, 0.29) is 18.4 Å². The van der Waals surface area contributed by atoms with E-state index in [1.807, 2.05) is 37.3 Å². The minimum Gasteiger partial charge on any atom is -0.480 e. The number of carboxylic acids is 1. The summed E-state index contributed by atoms with van der Waals surface area (Å²) in [5.74, 6) is -1.37. The van der Waals surface area contributed by atoms with E-state index in [0.29, 0.717) is 19.6 Å². The highest BCUT2D eigenvalue weighted by Crippen LogP contribution is 2.16. The molecule has 1 aliphatic heterocycles. The first-order valence-corrected chi connectivity index (χ1v) is 6.74. The monoisotopic (exact) mass is 277 g/mol. The maximum Gasteiger partial charge on any atom is 0.328 e. The van der Waals surface area contributed by atoms with Crippen molar-refractivity contribution in [2.45, 2.75) is 19.4 Å². The molecule has 5 nitrogen and oxygen atoms in total. The Hall–Kier alpha value is -1.88. The van der Waals surface area contributed by atoms with E-state index in [4.69, 9.17) is 9.84 Å². The first-order valence-electron chi connectivity index (χ1n) is 6.74. The SMILES string of the molecule is C[C@H](Cc1ccccc1)C(=O)N1CCOC[C@@H]1C(=O)O. The van der Waals surface area contributed by atoms with Gasteiger partial charge in [0.15, 0.2) is 6.04 Å². The predicted molar refractivity (Wildman–Crippen MR) is 73.3 cm³/mol. The minimum absolute atomic E-state index is 0.0686. The fourth-order valence-corrected chi connectivity index (χ4v) is 2.41. The molecule has 2 atom stereocenters. The van der Waals surface area contributed by atoms with Gasteiger partial charge >= 0.3 is 5.97 Å². The Morgan fingerprint density at radius 2 is 2.10 bits per heavy atom. The van der Waals surface area contributed by atoms with Gasteiger partial charge in [-0.05, 0) is 12.0 Å². The molecule has 5 heteroatoms. The third-order valence-electron chi connectivity index (χ3n) is 3.50. The lowest BCUT2D eigenvalue weighted by atomic mass is 9.99. The van der Waals surface area contributed by atoms with E-state index >= 15 is 0 Å². The van der Waals surface area contributed by atoms with Crippen LogP contribution in [-0.4, -0.2) is 47.7 Å². The van der Waals surface area contributed by atoms with Gasteiger partial charge in [-0.25, -0.2) is 4.79 Å². The van der Waals surface area contributed by atoms with Crippen LogP contribution in [-0.2, 0) is 20.7 Å². The van der Waals surface area contributed by atoms with E-state index in [9.17, 15) is 9.59 Å². The topological polar surface area (TPSA) is 66.8 Å². The van der Waals surface area contributed by atoms with Gasteiger partial charge in [-0.2, -0.15) is 0 Å². The zero-order chi connectivity index (χ0) is 14.5. The second-order valence-corrected chi connectivity index (χ2v) is 5.05. The summed E-state index contributed by atoms with van der Waals surface area (Å²) >= 11 is 0. The van der Waals surface area contributed by atoms with Crippen molar-refractivity contribution in [2.24, 2.45) is 5.92 Å². The molecule has 0 bridgehead atoms. The molecule has 0 radical (unpaired) electrons. The molecule has 0 aromatic heterocycles. The first kappa shape index (κ1) is 14.5. The lowest BCUT2D eigenvalue weighted by Crippen LogP contribution is -2.54. The summed E-state index contributed by atoms with van der Waals surface area (Å²) in [6.07, 6.45) is 0.614. The number of benzene rings is 1. The van der Waals surface area contributed by atoms with Crippen LogP contribution in [0.15, 0.2) is 30.3 Å². The Kier molecular flexibility index (Phi) is 4.74. The molecule has 1 aliphatic rings. The van der Waals surface area contributed by atoms with Crippen molar-refractivity contribution in [1.82, 2.24) is 4.90 Å². The van der Waals surface area contributed by atoms with Crippen LogP contribution in [0.4, 0.5) is 0 Å². The van der Waals surface area contributed by atoms with Crippen molar-refractivity contribution < 1.29 is 19.4 Å². The van der Waals surface area contributed by atoms with E-state index in [1.165, 1.54) is 4.90 Å². The summed E-state index contributed by atoms with van der Waals surface area (Å²) in [5, 5.41) is 9.16. The molecule has 20 heavy (non-hydrogen) atoms. The summed E-state index contributed by atoms with van der Waals surface area (Å²) < 4.78 is 5.15. The van der Waals surface area contributed by atoms with E-state index in [1.54, 1.807) is 0 Å². The molecule has 1 aromatic rings. The number of carboxylic acid groups (broad SMARTS) is 1. The van der Waals surface area contributed by atoms with Gasteiger partial charge in [-0.15, -0.1) is 0 Å². The molecule has 0 saturated carbocycles. The molecule has 2 rings (SSSR count). The number of rotatable bonds is 4. The number of ether oxygens (including phenoxy) is 1. The largest absolute Gasteiger partial charge is 0.480 e. The molecule has 1 amide bonds. The van der Waals surface area contributed by atoms with Gasteiger partial charge in [-0.1, -0.05) is 37.3 Å². The minimum atomic E-state index is -1.01. The molecule has 0 spiro atoms. The summed E-state index contributed by atoms with van der Waals surface area (Å²) in [5.41, 5.74) is 1.08. The van der Waals surface area contributed by atoms with E-state index < -0.39 is 12.0 Å². The van der Waals surface area contributed by atoms with Crippen molar-refractivity contribution in [3.63, 3.8) is 0 Å². The lowest BCUT2D eigenvalue weighted by Gasteiger charge is -2.34. The molecular formula is C15H19NO4. The maximum atomic E-state index is 12.4. The molecule has 1 aromatic carbocycles. The highest BCUT2D eigenvalue weighted by molar-refractivity contribution is 5.85. The number of amides is 1. The van der Waals surface area contributed by atoms with Crippen molar-refractivity contribution in [3.05, 3.63) is 35.9 Å². The Labute approximate surface area is 118 Å². The smallest absolute Gasteiger partial charge is 0.328 e. The molecular weight excluding hydrogens is 258 g/mol. The zero-order valence-corrected chi connectivity index (χ0v) is 11.5. The standard InChI is InChI=1S/C15H19NO4/c1-11(9-12-5-3-2-4-6-12)14(17)16-7-8-20-10-13(16)15(18)19/h2-6,11,13H,7-10H2,1H3,(H,18,19)/t11-,13-/m1/s1. The van der Waals surface area contributed by atoms with Gasteiger partial charge in [0.25, 0.3) is 0 Å². The zero-order valence-electron chi connectivity index (χ0n) is 11.5. The fraction of sp³-hybridized carbons (Fsp3) is 0.467. The summed E-state index contributed by atoms with van der Waals surface area (Å²) in [6.45, 7) is 2.64. The number of nitrogens with zero attached hydrogens (tertiary/aromatic N) is 1.